The van der Waals surface area contributed by atoms with E-state index in [0.717, 1.165) is 0 Å². The molecule has 3 aromatic rings. The van der Waals surface area contributed by atoms with Gasteiger partial charge in [-0.3, -0.25) is 0 Å². The van der Waals surface area contributed by atoms with E-state index in [2.05, 4.69) is 0 Å². The van der Waals surface area contributed by atoms with Gasteiger partial charge < -0.3 is 28.4 Å². The van der Waals surface area contributed by atoms with E-state index in [1.807, 2.05) is 0 Å². The maximum absolute atomic E-state index is 12.6. The minimum atomic E-state index is -0.853. The van der Waals surface area contributed by atoms with Gasteiger partial charge in [-0.05, 0) is 121 Å². The molecule has 0 aliphatic rings. The standard InChI is InChI=1S/C31H32O10/c1-19-18-24(36-26(32)20-8-12-22(13-9-20)37-28(34)40-30(2,3)4)16-17-25(19)39-27(33)21-10-14-23(15-11-21)38-29(35)41-31(5,6)7/h8-18H,1-7H3. The van der Waals surface area contributed by atoms with E-state index in [0.29, 0.717) is 5.56 Å². The Bertz CT molecular complexity index is 1410. The fourth-order valence-electron chi connectivity index (χ4n) is 3.18. The van der Waals surface area contributed by atoms with Crippen molar-refractivity contribution in [2.45, 2.75) is 59.7 Å². The highest BCUT2D eigenvalue weighted by molar-refractivity contribution is 5.92. The number of ether oxygens (including phenoxy) is 6. The van der Waals surface area contributed by atoms with Crippen LogP contribution < -0.4 is 18.9 Å². The number of carbonyl (C=O) groups is 4. The summed E-state index contributed by atoms with van der Waals surface area (Å²) in [4.78, 5) is 48.8. The maximum atomic E-state index is 12.6. The van der Waals surface area contributed by atoms with Crippen molar-refractivity contribution < 1.29 is 47.6 Å². The molecule has 0 radical (unpaired) electrons. The zero-order valence-corrected chi connectivity index (χ0v) is 23.9. The molecule has 0 fully saturated rings. The Labute approximate surface area is 238 Å². The highest BCUT2D eigenvalue weighted by Crippen LogP contribution is 2.26. The molecule has 0 aliphatic carbocycles. The summed E-state index contributed by atoms with van der Waals surface area (Å²) in [6.45, 7) is 12.0. The average Bonchev–Trinajstić information content (AvgIpc) is 2.84. The molecule has 10 heteroatoms. The van der Waals surface area contributed by atoms with Crippen LogP contribution in [0.1, 0.15) is 67.8 Å². The zero-order valence-electron chi connectivity index (χ0n) is 23.9. The van der Waals surface area contributed by atoms with Gasteiger partial charge in [-0.25, -0.2) is 19.2 Å². The molecule has 0 amide bonds. The highest BCUT2D eigenvalue weighted by Gasteiger charge is 2.20. The summed E-state index contributed by atoms with van der Waals surface area (Å²) in [6, 6.07) is 16.2. The maximum Gasteiger partial charge on any atom is 0.514 e. The van der Waals surface area contributed by atoms with Crippen molar-refractivity contribution in [2.24, 2.45) is 0 Å². The van der Waals surface area contributed by atoms with Crippen LogP contribution >= 0.6 is 0 Å². The Morgan fingerprint density at radius 1 is 0.512 bits per heavy atom. The van der Waals surface area contributed by atoms with Gasteiger partial charge >= 0.3 is 24.2 Å². The van der Waals surface area contributed by atoms with E-state index in [4.69, 9.17) is 28.4 Å². The number of aryl methyl sites for hydroxylation is 1. The van der Waals surface area contributed by atoms with Gasteiger partial charge in [0, 0.05) is 0 Å². The lowest BCUT2D eigenvalue weighted by atomic mass is 10.2. The molecule has 0 saturated heterocycles. The van der Waals surface area contributed by atoms with Crippen LogP contribution in [-0.4, -0.2) is 35.5 Å². The van der Waals surface area contributed by atoms with Crippen LogP contribution in [0.3, 0.4) is 0 Å². The molecule has 0 aliphatic heterocycles. The van der Waals surface area contributed by atoms with E-state index in [1.165, 1.54) is 60.7 Å². The monoisotopic (exact) mass is 564 g/mol. The van der Waals surface area contributed by atoms with Crippen molar-refractivity contribution in [2.75, 3.05) is 0 Å². The predicted molar refractivity (Wildman–Crippen MR) is 148 cm³/mol. The molecule has 216 valence electrons. The van der Waals surface area contributed by atoms with Crippen LogP contribution in [-0.2, 0) is 9.47 Å². The largest absolute Gasteiger partial charge is 0.514 e. The first-order valence-electron chi connectivity index (χ1n) is 12.6. The number of carbonyl (C=O) groups excluding carboxylic acids is 4. The fourth-order valence-corrected chi connectivity index (χ4v) is 3.18. The lowest BCUT2D eigenvalue weighted by molar-refractivity contribution is 0.0193. The molecule has 0 saturated carbocycles. The first kappa shape index (κ1) is 30.7. The summed E-state index contributed by atoms with van der Waals surface area (Å²) < 4.78 is 31.3. The molecule has 41 heavy (non-hydrogen) atoms. The van der Waals surface area contributed by atoms with Crippen molar-refractivity contribution in [1.29, 1.82) is 0 Å². The normalized spacial score (nSPS) is 11.2. The molecule has 10 nitrogen and oxygen atoms in total. The predicted octanol–water partition coefficient (Wildman–Crippen LogP) is 7.06. The molecule has 0 atom stereocenters. The first-order valence-corrected chi connectivity index (χ1v) is 12.6. The van der Waals surface area contributed by atoms with Gasteiger partial charge in [0.25, 0.3) is 0 Å². The Kier molecular flexibility index (Phi) is 9.39. The number of hydrogen-bond acceptors (Lipinski definition) is 10. The molecule has 0 aromatic heterocycles. The van der Waals surface area contributed by atoms with Gasteiger partial charge in [0.2, 0.25) is 0 Å². The smallest absolute Gasteiger partial charge is 0.428 e. The second-order valence-corrected chi connectivity index (χ2v) is 10.9. The van der Waals surface area contributed by atoms with Crippen LogP contribution in [0, 0.1) is 6.92 Å². The number of hydrogen-bond donors (Lipinski definition) is 0. The molecule has 0 unspecified atom stereocenters. The fraction of sp³-hybridized carbons (Fsp3) is 0.290. The Hall–Kier alpha value is -4.86. The highest BCUT2D eigenvalue weighted by atomic mass is 16.7. The van der Waals surface area contributed by atoms with Crippen molar-refractivity contribution in [3.63, 3.8) is 0 Å². The van der Waals surface area contributed by atoms with Crippen molar-refractivity contribution in [3.8, 4) is 23.0 Å². The van der Waals surface area contributed by atoms with Gasteiger partial charge in [-0.1, -0.05) is 0 Å². The van der Waals surface area contributed by atoms with Crippen molar-refractivity contribution in [1.82, 2.24) is 0 Å². The van der Waals surface area contributed by atoms with E-state index in [-0.39, 0.29) is 34.1 Å². The number of rotatable bonds is 6. The van der Waals surface area contributed by atoms with Crippen LogP contribution in [0.25, 0.3) is 0 Å². The number of benzene rings is 3. The van der Waals surface area contributed by atoms with Gasteiger partial charge in [-0.15, -0.1) is 0 Å². The molecular formula is C31H32O10. The third-order valence-corrected chi connectivity index (χ3v) is 4.92. The Morgan fingerprint density at radius 3 is 1.29 bits per heavy atom. The molecule has 0 bridgehead atoms. The number of esters is 2. The molecular weight excluding hydrogens is 532 g/mol. The second kappa shape index (κ2) is 12.5. The zero-order chi connectivity index (χ0) is 30.4. The van der Waals surface area contributed by atoms with E-state index in [1.54, 1.807) is 54.5 Å². The van der Waals surface area contributed by atoms with Crippen LogP contribution in [0.5, 0.6) is 23.0 Å². The molecule has 0 heterocycles. The summed E-state index contributed by atoms with van der Waals surface area (Å²) in [5.74, 6) is -0.328. The molecule has 0 spiro atoms. The SMILES string of the molecule is Cc1cc(OC(=O)c2ccc(OC(=O)OC(C)(C)C)cc2)ccc1OC(=O)c1ccc(OC(=O)OC(C)(C)C)cc1. The van der Waals surface area contributed by atoms with E-state index in [9.17, 15) is 19.2 Å². The summed E-state index contributed by atoms with van der Waals surface area (Å²) >= 11 is 0. The second-order valence-electron chi connectivity index (χ2n) is 10.9. The summed E-state index contributed by atoms with van der Waals surface area (Å²) in [7, 11) is 0. The summed E-state index contributed by atoms with van der Waals surface area (Å²) in [5.41, 5.74) is -0.380. The van der Waals surface area contributed by atoms with Crippen LogP contribution in [0.4, 0.5) is 9.59 Å². The lowest BCUT2D eigenvalue weighted by Gasteiger charge is -2.18. The molecule has 3 rings (SSSR count). The minimum Gasteiger partial charge on any atom is -0.428 e. The average molecular weight is 565 g/mol. The van der Waals surface area contributed by atoms with Crippen LogP contribution in [0.2, 0.25) is 0 Å². The van der Waals surface area contributed by atoms with Gasteiger partial charge in [0.15, 0.2) is 0 Å². The third-order valence-electron chi connectivity index (χ3n) is 4.92. The van der Waals surface area contributed by atoms with Crippen LogP contribution in [0.15, 0.2) is 66.7 Å². The topological polar surface area (TPSA) is 124 Å². The van der Waals surface area contributed by atoms with E-state index < -0.39 is 35.5 Å². The van der Waals surface area contributed by atoms with Gasteiger partial charge in [-0.2, -0.15) is 0 Å². The quantitative estimate of drug-likeness (QED) is 0.175. The third kappa shape index (κ3) is 9.99. The Morgan fingerprint density at radius 2 is 0.902 bits per heavy atom. The van der Waals surface area contributed by atoms with Crippen molar-refractivity contribution in [3.05, 3.63) is 83.4 Å². The first-order chi connectivity index (χ1) is 19.1. The molecule has 0 N–H and O–H groups in total. The lowest BCUT2D eigenvalue weighted by Crippen LogP contribution is -2.26. The van der Waals surface area contributed by atoms with Crippen molar-refractivity contribution >= 4 is 24.2 Å². The Balaban J connectivity index is 1.56. The van der Waals surface area contributed by atoms with Gasteiger partial charge in [0.1, 0.15) is 34.2 Å². The molecule has 3 aromatic carbocycles. The minimum absolute atomic E-state index is 0.211. The van der Waals surface area contributed by atoms with Gasteiger partial charge in [0.05, 0.1) is 11.1 Å². The summed E-state index contributed by atoms with van der Waals surface area (Å²) in [5, 5.41) is 0. The summed E-state index contributed by atoms with van der Waals surface area (Å²) in [6.07, 6.45) is -1.71. The van der Waals surface area contributed by atoms with E-state index >= 15 is 0 Å².